The fourth-order valence-electron chi connectivity index (χ4n) is 8.14. The Balaban J connectivity index is 1.15. The molecule has 242 valence electrons. The summed E-state index contributed by atoms with van der Waals surface area (Å²) in [7, 11) is 0. The number of hydrogen-bond acceptors (Lipinski definition) is 0. The van der Waals surface area contributed by atoms with Gasteiger partial charge >= 0.3 is 0 Å². The Morgan fingerprint density at radius 3 is 1.87 bits per heavy atom. The highest BCUT2D eigenvalue weighted by atomic mass is 19.2. The Bertz CT molecular complexity index is 1370. The molecular formula is C42H53F3. The van der Waals surface area contributed by atoms with E-state index in [1.54, 1.807) is 18.2 Å². The van der Waals surface area contributed by atoms with Crippen LogP contribution in [0.2, 0.25) is 0 Å². The molecule has 0 nitrogen and oxygen atoms in total. The average Bonchev–Trinajstić information content (AvgIpc) is 3.07. The van der Waals surface area contributed by atoms with Gasteiger partial charge in [0.05, 0.1) is 0 Å². The zero-order valence-electron chi connectivity index (χ0n) is 27.6. The van der Waals surface area contributed by atoms with E-state index in [9.17, 15) is 4.39 Å². The molecule has 45 heavy (non-hydrogen) atoms. The standard InChI is InChI=1S/C42H53F3/c1-3-5-6-7-8-9-10-12-36-25-28-39(42(45)41(36)44)35-23-19-33(20-24-35)37-26-27-38(40(43)29-37)34-21-17-32(18-22-34)31-15-13-30(11-4-2)14-16-31/h4,11,19-20,23-32,34H,3,5-10,12-18,21-22H2,1-2H3/b11-4+. The fraction of sp³-hybridized carbons (Fsp3) is 0.524. The molecule has 0 aromatic heterocycles. The van der Waals surface area contributed by atoms with Crippen molar-refractivity contribution in [3.8, 4) is 22.3 Å². The lowest BCUT2D eigenvalue weighted by Gasteiger charge is -2.37. The molecule has 0 spiro atoms. The van der Waals surface area contributed by atoms with Crippen molar-refractivity contribution in [3.63, 3.8) is 0 Å². The van der Waals surface area contributed by atoms with E-state index in [0.717, 1.165) is 66.5 Å². The van der Waals surface area contributed by atoms with Crippen LogP contribution < -0.4 is 0 Å². The molecule has 2 aliphatic rings. The van der Waals surface area contributed by atoms with Gasteiger partial charge in [0.25, 0.3) is 0 Å². The van der Waals surface area contributed by atoms with E-state index >= 15 is 8.78 Å². The Labute approximate surface area is 270 Å². The van der Waals surface area contributed by atoms with E-state index in [1.807, 2.05) is 36.4 Å². The summed E-state index contributed by atoms with van der Waals surface area (Å²) in [6.07, 6.45) is 23.1. The molecule has 0 heterocycles. The van der Waals surface area contributed by atoms with Gasteiger partial charge in [-0.25, -0.2) is 13.2 Å². The van der Waals surface area contributed by atoms with E-state index in [0.29, 0.717) is 23.5 Å². The first-order valence-electron chi connectivity index (χ1n) is 18.0. The maximum absolute atomic E-state index is 15.5. The van der Waals surface area contributed by atoms with Crippen molar-refractivity contribution in [2.24, 2.45) is 17.8 Å². The van der Waals surface area contributed by atoms with E-state index in [1.165, 1.54) is 64.2 Å². The number of aryl methyl sites for hydroxylation is 1. The van der Waals surface area contributed by atoms with Crippen LogP contribution in [0.5, 0.6) is 0 Å². The Morgan fingerprint density at radius 1 is 0.622 bits per heavy atom. The van der Waals surface area contributed by atoms with Gasteiger partial charge in [-0.3, -0.25) is 0 Å². The normalized spacial score (nSPS) is 22.2. The van der Waals surface area contributed by atoms with E-state index in [4.69, 9.17) is 0 Å². The highest BCUT2D eigenvalue weighted by Crippen LogP contribution is 2.45. The van der Waals surface area contributed by atoms with Gasteiger partial charge in [0.2, 0.25) is 0 Å². The van der Waals surface area contributed by atoms with Crippen LogP contribution in [0.15, 0.2) is 66.7 Å². The lowest BCUT2D eigenvalue weighted by Crippen LogP contribution is -2.25. The Morgan fingerprint density at radius 2 is 1.22 bits per heavy atom. The topological polar surface area (TPSA) is 0 Å². The molecule has 0 atom stereocenters. The van der Waals surface area contributed by atoms with Gasteiger partial charge in [0.1, 0.15) is 5.82 Å². The minimum Gasteiger partial charge on any atom is -0.207 e. The summed E-state index contributed by atoms with van der Waals surface area (Å²) in [4.78, 5) is 0. The van der Waals surface area contributed by atoms with Crippen LogP contribution in [-0.2, 0) is 6.42 Å². The number of halogens is 3. The quantitative estimate of drug-likeness (QED) is 0.133. The molecule has 3 aromatic carbocycles. The van der Waals surface area contributed by atoms with Gasteiger partial charge < -0.3 is 0 Å². The molecule has 2 aliphatic carbocycles. The monoisotopic (exact) mass is 614 g/mol. The number of hydrogen-bond donors (Lipinski definition) is 0. The van der Waals surface area contributed by atoms with Crippen LogP contribution in [-0.4, -0.2) is 0 Å². The number of unbranched alkanes of at least 4 members (excludes halogenated alkanes) is 6. The van der Waals surface area contributed by atoms with Gasteiger partial charge in [0.15, 0.2) is 11.6 Å². The Kier molecular flexibility index (Phi) is 12.4. The minimum atomic E-state index is -0.783. The molecule has 0 radical (unpaired) electrons. The lowest BCUT2D eigenvalue weighted by molar-refractivity contribution is 0.171. The highest BCUT2D eigenvalue weighted by molar-refractivity contribution is 5.71. The molecule has 0 bridgehead atoms. The SMILES string of the molecule is C/C=C/C1CCC(C2CCC(c3ccc(-c4ccc(-c5ccc(CCCCCCCCC)c(F)c5F)cc4)cc3F)CC2)CC1. The lowest BCUT2D eigenvalue weighted by atomic mass is 9.68. The fourth-order valence-corrected chi connectivity index (χ4v) is 8.14. The smallest absolute Gasteiger partial charge is 0.166 e. The van der Waals surface area contributed by atoms with Crippen molar-refractivity contribution in [1.82, 2.24) is 0 Å². The third-order valence-electron chi connectivity index (χ3n) is 10.9. The summed E-state index contributed by atoms with van der Waals surface area (Å²) < 4.78 is 45.5. The van der Waals surface area contributed by atoms with Crippen molar-refractivity contribution in [3.05, 3.63) is 95.3 Å². The van der Waals surface area contributed by atoms with Gasteiger partial charge in [-0.1, -0.05) is 106 Å². The summed E-state index contributed by atoms with van der Waals surface area (Å²) in [6.45, 7) is 4.33. The summed E-state index contributed by atoms with van der Waals surface area (Å²) >= 11 is 0. The predicted octanol–water partition coefficient (Wildman–Crippen LogP) is 13.4. The highest BCUT2D eigenvalue weighted by Gasteiger charge is 2.31. The second-order valence-electron chi connectivity index (χ2n) is 13.9. The first-order valence-corrected chi connectivity index (χ1v) is 18.0. The molecule has 3 heteroatoms. The van der Waals surface area contributed by atoms with Gasteiger partial charge in [-0.05, 0) is 129 Å². The van der Waals surface area contributed by atoms with Crippen LogP contribution >= 0.6 is 0 Å². The third-order valence-corrected chi connectivity index (χ3v) is 10.9. The van der Waals surface area contributed by atoms with Gasteiger partial charge in [-0.2, -0.15) is 0 Å². The van der Waals surface area contributed by atoms with Crippen LogP contribution in [0.25, 0.3) is 22.3 Å². The number of benzene rings is 3. The molecular weight excluding hydrogens is 561 g/mol. The molecule has 5 rings (SSSR count). The zero-order valence-corrected chi connectivity index (χ0v) is 27.6. The second-order valence-corrected chi connectivity index (χ2v) is 13.9. The van der Waals surface area contributed by atoms with Crippen molar-refractivity contribution in [1.29, 1.82) is 0 Å². The Hall–Kier alpha value is -2.81. The van der Waals surface area contributed by atoms with Crippen LogP contribution in [0.3, 0.4) is 0 Å². The maximum Gasteiger partial charge on any atom is 0.166 e. The summed E-state index contributed by atoms with van der Waals surface area (Å²) in [5.74, 6) is 1.07. The molecule has 2 fully saturated rings. The molecule has 0 saturated heterocycles. The molecule has 0 aliphatic heterocycles. The van der Waals surface area contributed by atoms with Crippen molar-refractivity contribution in [2.45, 2.75) is 122 Å². The summed E-state index contributed by atoms with van der Waals surface area (Å²) in [6, 6.07) is 16.4. The number of rotatable bonds is 13. The van der Waals surface area contributed by atoms with E-state index in [2.05, 4.69) is 26.0 Å². The first-order chi connectivity index (χ1) is 22.0. The van der Waals surface area contributed by atoms with Crippen LogP contribution in [0.1, 0.15) is 127 Å². The number of allylic oxidation sites excluding steroid dienone is 2. The summed E-state index contributed by atoms with van der Waals surface area (Å²) in [5.41, 5.74) is 3.88. The predicted molar refractivity (Wildman–Crippen MR) is 184 cm³/mol. The maximum atomic E-state index is 15.5. The van der Waals surface area contributed by atoms with Crippen LogP contribution in [0, 0.1) is 35.2 Å². The molecule has 2 saturated carbocycles. The van der Waals surface area contributed by atoms with E-state index in [-0.39, 0.29) is 11.4 Å². The first kappa shape index (κ1) is 33.6. The van der Waals surface area contributed by atoms with Crippen molar-refractivity contribution >= 4 is 0 Å². The second kappa shape index (κ2) is 16.7. The summed E-state index contributed by atoms with van der Waals surface area (Å²) in [5, 5.41) is 0. The van der Waals surface area contributed by atoms with Crippen molar-refractivity contribution < 1.29 is 13.2 Å². The molecule has 0 unspecified atom stereocenters. The van der Waals surface area contributed by atoms with E-state index < -0.39 is 11.6 Å². The minimum absolute atomic E-state index is 0.128. The average molecular weight is 615 g/mol. The van der Waals surface area contributed by atoms with Crippen LogP contribution in [0.4, 0.5) is 13.2 Å². The van der Waals surface area contributed by atoms with Gasteiger partial charge in [0, 0.05) is 5.56 Å². The molecule has 0 amide bonds. The third kappa shape index (κ3) is 8.72. The zero-order chi connectivity index (χ0) is 31.6. The largest absolute Gasteiger partial charge is 0.207 e. The van der Waals surface area contributed by atoms with Gasteiger partial charge in [-0.15, -0.1) is 0 Å². The molecule has 3 aromatic rings. The van der Waals surface area contributed by atoms with Crippen molar-refractivity contribution in [2.75, 3.05) is 0 Å². The molecule has 0 N–H and O–H groups in total.